The van der Waals surface area contributed by atoms with Gasteiger partial charge in [-0.25, -0.2) is 4.79 Å². The number of aromatic nitrogens is 1. The van der Waals surface area contributed by atoms with E-state index in [1.807, 2.05) is 37.3 Å². The normalized spacial score (nSPS) is 16.9. The molecule has 0 unspecified atom stereocenters. The van der Waals surface area contributed by atoms with Crippen molar-refractivity contribution in [3.05, 3.63) is 71.9 Å². The van der Waals surface area contributed by atoms with E-state index in [-0.39, 0.29) is 44.2 Å². The number of carbonyl (C=O) groups excluding carboxylic acids is 5. The van der Waals surface area contributed by atoms with Gasteiger partial charge in [0.25, 0.3) is 0 Å². The van der Waals surface area contributed by atoms with Crippen LogP contribution in [0.1, 0.15) is 70.9 Å². The summed E-state index contributed by atoms with van der Waals surface area (Å²) in [5.74, 6) is -4.83. The number of guanidine groups is 1. The van der Waals surface area contributed by atoms with E-state index in [4.69, 9.17) is 17.2 Å². The molecule has 1 aliphatic rings. The van der Waals surface area contributed by atoms with Crippen molar-refractivity contribution in [2.24, 2.45) is 34.0 Å². The van der Waals surface area contributed by atoms with E-state index < -0.39 is 77.7 Å². The van der Waals surface area contributed by atoms with E-state index in [0.717, 1.165) is 16.5 Å². The number of aliphatic imine (C=N–C) groups is 1. The van der Waals surface area contributed by atoms with Gasteiger partial charge in [-0.1, -0.05) is 82.6 Å². The molecule has 5 amide bonds. The van der Waals surface area contributed by atoms with Gasteiger partial charge in [0, 0.05) is 43.0 Å². The molecule has 320 valence electrons. The van der Waals surface area contributed by atoms with Crippen LogP contribution in [0.2, 0.25) is 0 Å². The van der Waals surface area contributed by atoms with E-state index in [2.05, 4.69) is 31.2 Å². The van der Waals surface area contributed by atoms with Gasteiger partial charge >= 0.3 is 5.97 Å². The van der Waals surface area contributed by atoms with Crippen molar-refractivity contribution in [1.82, 2.24) is 31.2 Å². The van der Waals surface area contributed by atoms with Crippen LogP contribution in [0.15, 0.2) is 65.8 Å². The van der Waals surface area contributed by atoms with Crippen LogP contribution in [0.3, 0.4) is 0 Å². The number of para-hydroxylation sites is 1. The monoisotopic (exact) mass is 816 g/mol. The molecular formula is C42H60N10O7. The van der Waals surface area contributed by atoms with Crippen LogP contribution in [-0.2, 0) is 41.6 Å². The second-order valence-corrected chi connectivity index (χ2v) is 15.6. The van der Waals surface area contributed by atoms with Gasteiger partial charge in [0.15, 0.2) is 5.96 Å². The average molecular weight is 817 g/mol. The van der Waals surface area contributed by atoms with Crippen molar-refractivity contribution in [1.29, 1.82) is 0 Å². The van der Waals surface area contributed by atoms with Crippen LogP contribution in [-0.4, -0.2) is 106 Å². The molecule has 12 N–H and O–H groups in total. The Bertz CT molecular complexity index is 1950. The summed E-state index contributed by atoms with van der Waals surface area (Å²) in [6, 6.07) is 9.96. The molecule has 1 fully saturated rings. The van der Waals surface area contributed by atoms with Crippen LogP contribution in [0.4, 0.5) is 0 Å². The summed E-state index contributed by atoms with van der Waals surface area (Å²) in [6.45, 7) is 7.70. The first kappa shape index (κ1) is 45.7. The number of H-pyrrole nitrogens is 1. The maximum Gasteiger partial charge on any atom is 0.326 e. The Balaban J connectivity index is 1.53. The Kier molecular flexibility index (Phi) is 16.8. The fourth-order valence-corrected chi connectivity index (χ4v) is 7.10. The third-order valence-corrected chi connectivity index (χ3v) is 10.8. The van der Waals surface area contributed by atoms with Crippen molar-refractivity contribution in [2.45, 2.75) is 109 Å². The molecule has 59 heavy (non-hydrogen) atoms. The Labute approximate surface area is 344 Å². The number of amides is 5. The first-order valence-electron chi connectivity index (χ1n) is 20.3. The molecule has 1 aliphatic heterocycles. The Hall–Kier alpha value is -5.97. The molecule has 2 heterocycles. The van der Waals surface area contributed by atoms with Gasteiger partial charge in [0.05, 0.1) is 6.04 Å². The van der Waals surface area contributed by atoms with Crippen LogP contribution in [0, 0.1) is 11.8 Å². The zero-order valence-corrected chi connectivity index (χ0v) is 34.3. The van der Waals surface area contributed by atoms with Crippen LogP contribution in [0.5, 0.6) is 0 Å². The zero-order valence-electron chi connectivity index (χ0n) is 34.3. The lowest BCUT2D eigenvalue weighted by molar-refractivity contribution is -0.143. The molecule has 0 aliphatic carbocycles. The van der Waals surface area contributed by atoms with Gasteiger partial charge in [-0.05, 0) is 54.7 Å². The van der Waals surface area contributed by atoms with Crippen molar-refractivity contribution in [2.75, 3.05) is 13.1 Å². The lowest BCUT2D eigenvalue weighted by Gasteiger charge is -2.32. The molecule has 0 spiro atoms. The number of likely N-dealkylation sites (tertiary alicyclic amines) is 1. The molecule has 1 saturated heterocycles. The van der Waals surface area contributed by atoms with E-state index in [1.165, 1.54) is 4.90 Å². The van der Waals surface area contributed by atoms with E-state index in [0.29, 0.717) is 31.2 Å². The van der Waals surface area contributed by atoms with Crippen LogP contribution in [0.25, 0.3) is 10.9 Å². The third kappa shape index (κ3) is 12.8. The van der Waals surface area contributed by atoms with Gasteiger partial charge in [-0.15, -0.1) is 0 Å². The number of hydrogen-bond acceptors (Lipinski definition) is 8. The van der Waals surface area contributed by atoms with Crippen molar-refractivity contribution >= 4 is 52.4 Å². The number of nitrogens with zero attached hydrogens (tertiary/aromatic N) is 2. The number of fused-ring (bicyclic) bond motifs is 1. The first-order chi connectivity index (χ1) is 28.1. The average Bonchev–Trinajstić information content (AvgIpc) is 3.87. The molecule has 0 saturated carbocycles. The SMILES string of the molecule is CC[C@H](C)[C@H](NC(=O)[C@@H]1CCCN1C(=O)[C@H](CCCN=C(N)N)NC(=O)[C@@H](N)C(C)C)C(=O)N[C@@H](Cc1ccccc1)C(=O)N[C@@H](Cc1c[nH]c2ccccc12)C(=O)O. The predicted octanol–water partition coefficient (Wildman–Crippen LogP) is 1.05. The van der Waals surface area contributed by atoms with Gasteiger partial charge in [0.1, 0.15) is 30.2 Å². The summed E-state index contributed by atoms with van der Waals surface area (Å²) in [5.41, 5.74) is 19.3. The number of rotatable bonds is 21. The number of hydrogen-bond donors (Lipinski definition) is 9. The quantitative estimate of drug-likeness (QED) is 0.0419. The molecule has 0 bridgehead atoms. The van der Waals surface area contributed by atoms with Crippen molar-refractivity contribution < 1.29 is 33.9 Å². The smallest absolute Gasteiger partial charge is 0.326 e. The first-order valence-corrected chi connectivity index (χ1v) is 20.3. The minimum Gasteiger partial charge on any atom is -0.480 e. The fraction of sp³-hybridized carbons (Fsp3) is 0.500. The molecule has 1 aromatic heterocycles. The minimum atomic E-state index is -1.31. The fourth-order valence-electron chi connectivity index (χ4n) is 7.10. The number of carboxylic acid groups (broad SMARTS) is 1. The minimum absolute atomic E-state index is 0.00934. The highest BCUT2D eigenvalue weighted by molar-refractivity contribution is 5.97. The summed E-state index contributed by atoms with van der Waals surface area (Å²) >= 11 is 0. The predicted molar refractivity (Wildman–Crippen MR) is 224 cm³/mol. The van der Waals surface area contributed by atoms with Crippen LogP contribution < -0.4 is 38.5 Å². The second kappa shape index (κ2) is 21.7. The number of aliphatic carboxylic acids is 1. The maximum atomic E-state index is 14.2. The number of carboxylic acids is 1. The maximum absolute atomic E-state index is 14.2. The molecule has 2 aromatic carbocycles. The van der Waals surface area contributed by atoms with E-state index >= 15 is 0 Å². The number of nitrogens with one attached hydrogen (secondary N) is 5. The standard InChI is InChI=1S/C42H60N10O7/c1-5-25(4)35(51-37(54)33-18-12-20-52(33)40(57)30(17-11-19-46-42(44)45)48-38(55)34(43)24(2)3)39(56)49-31(21-26-13-7-6-8-14-26)36(53)50-32(41(58)59)22-27-23-47-29-16-10-9-15-28(27)29/h6-10,13-16,23-25,30-35,47H,5,11-12,17-22,43H2,1-4H3,(H,48,55)(H,49,56)(H,50,53)(H,51,54)(H,58,59)(H4,44,45,46)/t25-,30-,31-,32-,33-,34-,35-/m0/s1. The Morgan fingerprint density at radius 3 is 2.19 bits per heavy atom. The van der Waals surface area contributed by atoms with Crippen molar-refractivity contribution in [3.63, 3.8) is 0 Å². The summed E-state index contributed by atoms with van der Waals surface area (Å²) in [7, 11) is 0. The summed E-state index contributed by atoms with van der Waals surface area (Å²) in [6.07, 6.45) is 3.59. The van der Waals surface area contributed by atoms with Gasteiger partial charge in [-0.2, -0.15) is 0 Å². The Morgan fingerprint density at radius 1 is 0.864 bits per heavy atom. The molecule has 0 radical (unpaired) electrons. The number of aromatic amines is 1. The molecule has 17 heteroatoms. The topological polar surface area (TPSA) is 280 Å². The summed E-state index contributed by atoms with van der Waals surface area (Å²) in [5, 5.41) is 22.1. The Morgan fingerprint density at radius 2 is 1.53 bits per heavy atom. The molecular weight excluding hydrogens is 757 g/mol. The molecule has 3 aromatic rings. The highest BCUT2D eigenvalue weighted by atomic mass is 16.4. The highest BCUT2D eigenvalue weighted by Gasteiger charge is 2.40. The molecule has 17 nitrogen and oxygen atoms in total. The van der Waals surface area contributed by atoms with E-state index in [9.17, 15) is 33.9 Å². The van der Waals surface area contributed by atoms with E-state index in [1.54, 1.807) is 51.2 Å². The lowest BCUT2D eigenvalue weighted by Crippen LogP contribution is -2.60. The molecule has 4 rings (SSSR count). The molecule has 7 atom stereocenters. The van der Waals surface area contributed by atoms with Gasteiger partial charge in [-0.3, -0.25) is 29.0 Å². The lowest BCUT2D eigenvalue weighted by atomic mass is 9.96. The van der Waals surface area contributed by atoms with Crippen molar-refractivity contribution in [3.8, 4) is 0 Å². The number of benzene rings is 2. The summed E-state index contributed by atoms with van der Waals surface area (Å²) in [4.78, 5) is 90.3. The van der Waals surface area contributed by atoms with Crippen LogP contribution >= 0.6 is 0 Å². The third-order valence-electron chi connectivity index (χ3n) is 10.8. The zero-order chi connectivity index (χ0) is 43.2. The number of nitrogens with two attached hydrogens (primary N) is 3. The highest BCUT2D eigenvalue weighted by Crippen LogP contribution is 2.22. The summed E-state index contributed by atoms with van der Waals surface area (Å²) < 4.78 is 0. The largest absolute Gasteiger partial charge is 0.480 e. The second-order valence-electron chi connectivity index (χ2n) is 15.6. The van der Waals surface area contributed by atoms with Gasteiger partial charge in [0.2, 0.25) is 29.5 Å². The number of carbonyl (C=O) groups is 6. The van der Waals surface area contributed by atoms with Gasteiger partial charge < -0.3 is 53.5 Å².